The molecule has 0 saturated heterocycles. The zero-order valence-electron chi connectivity index (χ0n) is 20.0. The quantitative estimate of drug-likeness (QED) is 0.231. The number of carboxylic acids is 1. The topological polar surface area (TPSA) is 108 Å². The van der Waals surface area contributed by atoms with Gasteiger partial charge in [0.15, 0.2) is 17.4 Å². The first-order valence-corrected chi connectivity index (χ1v) is 11.7. The van der Waals surface area contributed by atoms with E-state index in [0.717, 1.165) is 28.8 Å². The minimum absolute atomic E-state index is 0.0856. The summed E-state index contributed by atoms with van der Waals surface area (Å²) in [6, 6.07) is 21.6. The number of benzene rings is 3. The van der Waals surface area contributed by atoms with Crippen LogP contribution in [0.1, 0.15) is 22.3 Å². The van der Waals surface area contributed by atoms with Gasteiger partial charge >= 0.3 is 12.0 Å². The third-order valence-corrected chi connectivity index (χ3v) is 5.83. The van der Waals surface area contributed by atoms with Crippen molar-refractivity contribution in [2.45, 2.75) is 12.8 Å². The first-order valence-electron chi connectivity index (χ1n) is 11.7. The zero-order valence-corrected chi connectivity index (χ0v) is 20.0. The normalized spacial score (nSPS) is 11.4. The summed E-state index contributed by atoms with van der Waals surface area (Å²) in [5.41, 5.74) is 2.85. The fourth-order valence-electron chi connectivity index (χ4n) is 3.83. The zero-order chi connectivity index (χ0) is 27.1. The summed E-state index contributed by atoms with van der Waals surface area (Å²) in [7, 11) is 0. The number of hydrogen-bond acceptors (Lipinski definition) is 4. The molecular weight excluding hydrogens is 492 g/mol. The van der Waals surface area contributed by atoms with Crippen LogP contribution in [0.15, 0.2) is 91.1 Å². The number of nitrogens with one attached hydrogen (secondary N) is 2. The number of amides is 2. The first-order chi connectivity index (χ1) is 18.3. The second-order valence-corrected chi connectivity index (χ2v) is 8.57. The third-order valence-electron chi connectivity index (χ3n) is 5.83. The number of carboxylic acid groups (broad SMARTS) is 1. The molecule has 0 aliphatic carbocycles. The standard InChI is InChI=1S/C29H23F2N3O4/c30-24-12-11-23(16-25(24)31)33-29(38)34-27-13-10-21(17-32-27)19-6-8-20(9-7-19)26(35)15-22(28(36)37)14-18-4-2-1-3-5-18/h1-13,16-17,22H,14-15H2,(H,36,37)(H2,32,33,34,38). The average Bonchev–Trinajstić information content (AvgIpc) is 2.91. The van der Waals surface area contributed by atoms with Crippen molar-refractivity contribution in [2.75, 3.05) is 10.6 Å². The first kappa shape index (κ1) is 26.2. The van der Waals surface area contributed by atoms with Crippen molar-refractivity contribution in [3.05, 3.63) is 114 Å². The molecule has 2 amide bonds. The average molecular weight is 516 g/mol. The van der Waals surface area contributed by atoms with Gasteiger partial charge in [-0.05, 0) is 41.8 Å². The highest BCUT2D eigenvalue weighted by molar-refractivity contribution is 5.99. The predicted octanol–water partition coefficient (Wildman–Crippen LogP) is 6.19. The summed E-state index contributed by atoms with van der Waals surface area (Å²) in [6.45, 7) is 0. The van der Waals surface area contributed by atoms with E-state index in [1.807, 2.05) is 30.3 Å². The molecule has 38 heavy (non-hydrogen) atoms. The number of Topliss-reactive ketones (excluding diaryl/α,β-unsaturated/α-hetero) is 1. The van der Waals surface area contributed by atoms with Crippen molar-refractivity contribution in [2.24, 2.45) is 5.92 Å². The SMILES string of the molecule is O=C(Nc1ccc(F)c(F)c1)Nc1ccc(-c2ccc(C(=O)CC(Cc3ccccc3)C(=O)O)cc2)cn1. The Balaban J connectivity index is 1.35. The van der Waals surface area contributed by atoms with Crippen LogP contribution in [0.2, 0.25) is 0 Å². The molecule has 3 aromatic carbocycles. The molecule has 192 valence electrons. The van der Waals surface area contributed by atoms with E-state index in [0.29, 0.717) is 5.56 Å². The van der Waals surface area contributed by atoms with Crippen LogP contribution in [0.3, 0.4) is 0 Å². The Morgan fingerprint density at radius 2 is 1.53 bits per heavy atom. The van der Waals surface area contributed by atoms with Crippen molar-refractivity contribution < 1.29 is 28.3 Å². The Bertz CT molecular complexity index is 1440. The molecule has 0 saturated carbocycles. The Hall–Kier alpha value is -4.92. The van der Waals surface area contributed by atoms with Crippen molar-refractivity contribution in [3.63, 3.8) is 0 Å². The molecule has 0 spiro atoms. The number of aromatic nitrogens is 1. The number of ketones is 1. The second kappa shape index (κ2) is 11.9. The molecule has 0 aliphatic heterocycles. The molecule has 1 unspecified atom stereocenters. The Morgan fingerprint density at radius 3 is 2.16 bits per heavy atom. The van der Waals surface area contributed by atoms with E-state index in [9.17, 15) is 28.3 Å². The fourth-order valence-corrected chi connectivity index (χ4v) is 3.83. The van der Waals surface area contributed by atoms with E-state index in [1.165, 1.54) is 12.3 Å². The summed E-state index contributed by atoms with van der Waals surface area (Å²) in [5.74, 6) is -3.96. The molecule has 4 rings (SSSR count). The Labute approximate surface area is 217 Å². The van der Waals surface area contributed by atoms with E-state index in [2.05, 4.69) is 15.6 Å². The van der Waals surface area contributed by atoms with Gasteiger partial charge in [-0.15, -0.1) is 0 Å². The van der Waals surface area contributed by atoms with Crippen LogP contribution in [-0.4, -0.2) is 27.9 Å². The van der Waals surface area contributed by atoms with Gasteiger partial charge in [-0.2, -0.15) is 0 Å². The molecule has 4 aromatic rings. The highest BCUT2D eigenvalue weighted by atomic mass is 19.2. The van der Waals surface area contributed by atoms with Crippen LogP contribution in [0.25, 0.3) is 11.1 Å². The minimum Gasteiger partial charge on any atom is -0.481 e. The van der Waals surface area contributed by atoms with Gasteiger partial charge in [0.2, 0.25) is 0 Å². The lowest BCUT2D eigenvalue weighted by Gasteiger charge is -2.12. The smallest absolute Gasteiger partial charge is 0.324 e. The van der Waals surface area contributed by atoms with Crippen LogP contribution in [0, 0.1) is 17.6 Å². The Kier molecular flexibility index (Phi) is 8.17. The number of carbonyl (C=O) groups is 3. The minimum atomic E-state index is -1.08. The lowest BCUT2D eigenvalue weighted by molar-refractivity contribution is -0.141. The van der Waals surface area contributed by atoms with Gasteiger partial charge in [-0.25, -0.2) is 18.6 Å². The van der Waals surface area contributed by atoms with Crippen LogP contribution in [0.4, 0.5) is 25.1 Å². The van der Waals surface area contributed by atoms with Crippen molar-refractivity contribution in [1.82, 2.24) is 4.98 Å². The number of anilines is 2. The summed E-state index contributed by atoms with van der Waals surface area (Å²) >= 11 is 0. The van der Waals surface area contributed by atoms with Crippen molar-refractivity contribution in [3.8, 4) is 11.1 Å². The van der Waals surface area contributed by atoms with Crippen molar-refractivity contribution in [1.29, 1.82) is 0 Å². The van der Waals surface area contributed by atoms with Crippen LogP contribution >= 0.6 is 0 Å². The number of carbonyl (C=O) groups excluding carboxylic acids is 2. The highest BCUT2D eigenvalue weighted by Crippen LogP contribution is 2.22. The molecule has 7 nitrogen and oxygen atoms in total. The van der Waals surface area contributed by atoms with E-state index >= 15 is 0 Å². The number of urea groups is 1. The Morgan fingerprint density at radius 1 is 0.816 bits per heavy atom. The van der Waals surface area contributed by atoms with E-state index in [4.69, 9.17) is 0 Å². The molecule has 9 heteroatoms. The van der Waals surface area contributed by atoms with Gasteiger partial charge in [0, 0.05) is 35.5 Å². The number of nitrogens with zero attached hydrogens (tertiary/aromatic N) is 1. The molecule has 0 bridgehead atoms. The summed E-state index contributed by atoms with van der Waals surface area (Å²) in [4.78, 5) is 40.7. The molecular formula is C29H23F2N3O4. The summed E-state index contributed by atoms with van der Waals surface area (Å²) < 4.78 is 26.3. The maximum Gasteiger partial charge on any atom is 0.324 e. The van der Waals surface area contributed by atoms with E-state index in [-0.39, 0.29) is 30.1 Å². The number of halogens is 2. The van der Waals surface area contributed by atoms with Crippen LogP contribution in [-0.2, 0) is 11.2 Å². The lowest BCUT2D eigenvalue weighted by atomic mass is 9.92. The lowest BCUT2D eigenvalue weighted by Crippen LogP contribution is -2.20. The third kappa shape index (κ3) is 6.85. The molecule has 0 radical (unpaired) electrons. The van der Waals surface area contributed by atoms with Crippen molar-refractivity contribution >= 4 is 29.3 Å². The van der Waals surface area contributed by atoms with Gasteiger partial charge in [0.25, 0.3) is 0 Å². The number of hydrogen-bond donors (Lipinski definition) is 3. The fraction of sp³-hybridized carbons (Fsp3) is 0.103. The predicted molar refractivity (Wildman–Crippen MR) is 139 cm³/mol. The molecule has 1 heterocycles. The number of pyridine rings is 1. The van der Waals surface area contributed by atoms with Gasteiger partial charge in [-0.3, -0.25) is 14.9 Å². The molecule has 1 atom stereocenters. The van der Waals surface area contributed by atoms with Gasteiger partial charge in [-0.1, -0.05) is 54.6 Å². The van der Waals surface area contributed by atoms with E-state index < -0.39 is 29.6 Å². The maximum absolute atomic E-state index is 13.3. The van der Waals surface area contributed by atoms with Gasteiger partial charge in [0.1, 0.15) is 5.82 Å². The highest BCUT2D eigenvalue weighted by Gasteiger charge is 2.22. The van der Waals surface area contributed by atoms with E-state index in [1.54, 1.807) is 36.4 Å². The molecule has 1 aromatic heterocycles. The number of aliphatic carboxylic acids is 1. The molecule has 0 aliphatic rings. The van der Waals surface area contributed by atoms with Gasteiger partial charge in [0.05, 0.1) is 5.92 Å². The molecule has 0 fully saturated rings. The second-order valence-electron chi connectivity index (χ2n) is 8.57. The monoisotopic (exact) mass is 515 g/mol. The largest absolute Gasteiger partial charge is 0.481 e. The molecule has 3 N–H and O–H groups in total. The van der Waals surface area contributed by atoms with Crippen LogP contribution in [0.5, 0.6) is 0 Å². The summed E-state index contributed by atoms with van der Waals surface area (Å²) in [5, 5.41) is 14.5. The van der Waals surface area contributed by atoms with Gasteiger partial charge < -0.3 is 10.4 Å². The maximum atomic E-state index is 13.3. The number of rotatable bonds is 9. The van der Waals surface area contributed by atoms with Crippen LogP contribution < -0.4 is 10.6 Å². The summed E-state index contributed by atoms with van der Waals surface area (Å²) in [6.07, 6.45) is 1.69.